The zero-order valence-corrected chi connectivity index (χ0v) is 15.9. The first kappa shape index (κ1) is 18.5. The van der Waals surface area contributed by atoms with Crippen molar-refractivity contribution >= 4 is 11.9 Å². The first-order valence-corrected chi connectivity index (χ1v) is 8.87. The summed E-state index contributed by atoms with van der Waals surface area (Å²) in [5.41, 5.74) is 8.56. The van der Waals surface area contributed by atoms with Gasteiger partial charge in [-0.1, -0.05) is 36.4 Å². The number of hydrogen-bond donors (Lipinski definition) is 1. The molecule has 3 aromatic rings. The lowest BCUT2D eigenvalue weighted by molar-refractivity contribution is 0.284. The molecule has 0 saturated heterocycles. The Bertz CT molecular complexity index is 921. The fourth-order valence-corrected chi connectivity index (χ4v) is 2.61. The molecule has 3 rings (SSSR count). The van der Waals surface area contributed by atoms with Crippen LogP contribution in [0.5, 0.6) is 11.5 Å². The highest BCUT2D eigenvalue weighted by Gasteiger charge is 2.05. The summed E-state index contributed by atoms with van der Waals surface area (Å²) < 4.78 is 11.3. The third-order valence-electron chi connectivity index (χ3n) is 4.34. The Labute approximate surface area is 160 Å². The van der Waals surface area contributed by atoms with Crippen molar-refractivity contribution in [2.75, 3.05) is 12.5 Å². The molecule has 4 heteroatoms. The highest BCUT2D eigenvalue weighted by atomic mass is 16.5. The van der Waals surface area contributed by atoms with Crippen molar-refractivity contribution in [3.05, 3.63) is 89.0 Å². The minimum Gasteiger partial charge on any atom is -0.493 e. The average Bonchev–Trinajstić information content (AvgIpc) is 2.70. The van der Waals surface area contributed by atoms with Gasteiger partial charge in [0.1, 0.15) is 6.61 Å². The molecule has 0 bridgehead atoms. The van der Waals surface area contributed by atoms with Crippen molar-refractivity contribution in [1.29, 1.82) is 0 Å². The summed E-state index contributed by atoms with van der Waals surface area (Å²) >= 11 is 0. The van der Waals surface area contributed by atoms with Gasteiger partial charge in [0.15, 0.2) is 11.5 Å². The minimum atomic E-state index is 0.499. The molecule has 0 fully saturated rings. The van der Waals surface area contributed by atoms with E-state index >= 15 is 0 Å². The van der Waals surface area contributed by atoms with Crippen molar-refractivity contribution in [2.45, 2.75) is 20.5 Å². The molecule has 0 spiro atoms. The second kappa shape index (κ2) is 8.90. The number of nitrogens with one attached hydrogen (secondary N) is 1. The second-order valence-corrected chi connectivity index (χ2v) is 6.35. The number of ether oxygens (including phenoxy) is 2. The van der Waals surface area contributed by atoms with Crippen molar-refractivity contribution in [3.8, 4) is 11.5 Å². The third kappa shape index (κ3) is 5.11. The molecule has 4 nitrogen and oxygen atoms in total. The standard InChI is InChI=1S/C23H24N2O2/c1-17-9-11-21(13-18(17)2)25-24-15-20-10-12-22(23(14-20)26-3)27-16-19-7-5-4-6-8-19/h4-15,25H,16H2,1-3H3/b24-15+. The number of anilines is 1. The molecule has 3 aromatic carbocycles. The molecule has 0 aliphatic rings. The molecule has 0 atom stereocenters. The van der Waals surface area contributed by atoms with E-state index in [2.05, 4.69) is 36.5 Å². The molecule has 1 N–H and O–H groups in total. The Kier molecular flexibility index (Phi) is 6.10. The van der Waals surface area contributed by atoms with Crippen LogP contribution in [-0.2, 0) is 6.61 Å². The van der Waals surface area contributed by atoms with Gasteiger partial charge in [-0.05, 0) is 66.4 Å². The van der Waals surface area contributed by atoms with Gasteiger partial charge >= 0.3 is 0 Å². The third-order valence-corrected chi connectivity index (χ3v) is 4.34. The molecule has 0 amide bonds. The zero-order valence-electron chi connectivity index (χ0n) is 15.9. The summed E-state index contributed by atoms with van der Waals surface area (Å²) in [7, 11) is 1.64. The normalized spacial score (nSPS) is 10.8. The van der Waals surface area contributed by atoms with E-state index in [0.717, 1.165) is 16.8 Å². The molecule has 0 radical (unpaired) electrons. The van der Waals surface area contributed by atoms with E-state index in [-0.39, 0.29) is 0 Å². The Balaban J connectivity index is 1.65. The Morgan fingerprint density at radius 1 is 0.889 bits per heavy atom. The summed E-state index contributed by atoms with van der Waals surface area (Å²) in [4.78, 5) is 0. The topological polar surface area (TPSA) is 42.8 Å². The van der Waals surface area contributed by atoms with Gasteiger partial charge < -0.3 is 9.47 Å². The molecule has 0 unspecified atom stereocenters. The quantitative estimate of drug-likeness (QED) is 0.457. The van der Waals surface area contributed by atoms with Gasteiger partial charge in [-0.2, -0.15) is 5.10 Å². The number of rotatable bonds is 7. The van der Waals surface area contributed by atoms with Crippen molar-refractivity contribution in [1.82, 2.24) is 0 Å². The van der Waals surface area contributed by atoms with E-state index in [1.807, 2.05) is 54.6 Å². The Morgan fingerprint density at radius 3 is 2.44 bits per heavy atom. The first-order valence-electron chi connectivity index (χ1n) is 8.87. The van der Waals surface area contributed by atoms with Crippen LogP contribution in [0.25, 0.3) is 0 Å². The van der Waals surface area contributed by atoms with Gasteiger partial charge in [-0.3, -0.25) is 5.43 Å². The lowest BCUT2D eigenvalue weighted by Crippen LogP contribution is -1.98. The van der Waals surface area contributed by atoms with Crippen LogP contribution in [0, 0.1) is 13.8 Å². The maximum atomic E-state index is 5.88. The van der Waals surface area contributed by atoms with Crippen LogP contribution in [0.3, 0.4) is 0 Å². The number of nitrogens with zero attached hydrogens (tertiary/aromatic N) is 1. The van der Waals surface area contributed by atoms with Crippen LogP contribution >= 0.6 is 0 Å². The van der Waals surface area contributed by atoms with E-state index in [9.17, 15) is 0 Å². The Morgan fingerprint density at radius 2 is 1.70 bits per heavy atom. The van der Waals surface area contributed by atoms with Crippen LogP contribution in [0.4, 0.5) is 5.69 Å². The molecular formula is C23H24N2O2. The van der Waals surface area contributed by atoms with E-state index in [4.69, 9.17) is 9.47 Å². The fourth-order valence-electron chi connectivity index (χ4n) is 2.61. The maximum Gasteiger partial charge on any atom is 0.161 e. The Hall–Kier alpha value is -3.27. The molecule has 0 heterocycles. The van der Waals surface area contributed by atoms with Crippen molar-refractivity contribution < 1.29 is 9.47 Å². The maximum absolute atomic E-state index is 5.88. The first-order chi connectivity index (χ1) is 13.2. The molecule has 0 aromatic heterocycles. The highest BCUT2D eigenvalue weighted by molar-refractivity contribution is 5.81. The fraction of sp³-hybridized carbons (Fsp3) is 0.174. The lowest BCUT2D eigenvalue weighted by atomic mass is 10.1. The van der Waals surface area contributed by atoms with Gasteiger partial charge in [0.2, 0.25) is 0 Å². The molecule has 27 heavy (non-hydrogen) atoms. The minimum absolute atomic E-state index is 0.499. The zero-order chi connectivity index (χ0) is 19.1. The van der Waals surface area contributed by atoms with Crippen LogP contribution in [0.1, 0.15) is 22.3 Å². The predicted octanol–water partition coefficient (Wildman–Crippen LogP) is 5.34. The van der Waals surface area contributed by atoms with E-state index in [0.29, 0.717) is 18.1 Å². The van der Waals surface area contributed by atoms with Gasteiger partial charge in [-0.25, -0.2) is 0 Å². The number of hydrazone groups is 1. The molecular weight excluding hydrogens is 336 g/mol. The molecule has 0 aliphatic heterocycles. The van der Waals surface area contributed by atoms with Crippen LogP contribution in [-0.4, -0.2) is 13.3 Å². The number of hydrogen-bond acceptors (Lipinski definition) is 4. The number of aryl methyl sites for hydroxylation is 2. The summed E-state index contributed by atoms with van der Waals surface area (Å²) in [5, 5.41) is 4.31. The van der Waals surface area contributed by atoms with E-state index in [1.165, 1.54) is 11.1 Å². The predicted molar refractivity (Wildman–Crippen MR) is 111 cm³/mol. The van der Waals surface area contributed by atoms with Gasteiger partial charge in [0.25, 0.3) is 0 Å². The smallest absolute Gasteiger partial charge is 0.161 e. The van der Waals surface area contributed by atoms with Gasteiger partial charge in [-0.15, -0.1) is 0 Å². The average molecular weight is 360 g/mol. The second-order valence-electron chi connectivity index (χ2n) is 6.35. The molecule has 0 saturated carbocycles. The number of methoxy groups -OCH3 is 1. The van der Waals surface area contributed by atoms with Gasteiger partial charge in [0, 0.05) is 0 Å². The van der Waals surface area contributed by atoms with Crippen molar-refractivity contribution in [2.24, 2.45) is 5.10 Å². The largest absolute Gasteiger partial charge is 0.493 e. The highest BCUT2D eigenvalue weighted by Crippen LogP contribution is 2.28. The van der Waals surface area contributed by atoms with Crippen LogP contribution < -0.4 is 14.9 Å². The summed E-state index contributed by atoms with van der Waals surface area (Å²) in [6.07, 6.45) is 1.76. The van der Waals surface area contributed by atoms with Crippen molar-refractivity contribution in [3.63, 3.8) is 0 Å². The van der Waals surface area contributed by atoms with Crippen LogP contribution in [0.2, 0.25) is 0 Å². The summed E-state index contributed by atoms with van der Waals surface area (Å²) in [6, 6.07) is 22.0. The summed E-state index contributed by atoms with van der Waals surface area (Å²) in [5.74, 6) is 1.39. The number of benzene rings is 3. The van der Waals surface area contributed by atoms with E-state index in [1.54, 1.807) is 13.3 Å². The monoisotopic (exact) mass is 360 g/mol. The van der Waals surface area contributed by atoms with Gasteiger partial charge in [0.05, 0.1) is 19.0 Å². The van der Waals surface area contributed by atoms with Crippen LogP contribution in [0.15, 0.2) is 71.8 Å². The molecule has 138 valence electrons. The lowest BCUT2D eigenvalue weighted by Gasteiger charge is -2.11. The summed E-state index contributed by atoms with van der Waals surface area (Å²) in [6.45, 7) is 4.68. The molecule has 0 aliphatic carbocycles. The SMILES string of the molecule is COc1cc(/C=N/Nc2ccc(C)c(C)c2)ccc1OCc1ccccc1. The van der Waals surface area contributed by atoms with E-state index < -0.39 is 0 Å².